The fourth-order valence-corrected chi connectivity index (χ4v) is 1.93. The average Bonchev–Trinajstić information content (AvgIpc) is 2.49. The maximum absolute atomic E-state index is 12.6. The van der Waals surface area contributed by atoms with Crippen molar-refractivity contribution in [2.75, 3.05) is 4.90 Å². The summed E-state index contributed by atoms with van der Waals surface area (Å²) >= 11 is 0. The molecule has 0 aliphatic rings. The van der Waals surface area contributed by atoms with Crippen molar-refractivity contribution in [3.05, 3.63) is 65.7 Å². The van der Waals surface area contributed by atoms with Crippen LogP contribution in [0.25, 0.3) is 0 Å². The molecule has 0 aliphatic carbocycles. The van der Waals surface area contributed by atoms with E-state index >= 15 is 0 Å². The predicted octanol–water partition coefficient (Wildman–Crippen LogP) is 3.58. The molecule has 3 nitrogen and oxygen atoms in total. The number of carbonyl (C=O) groups excluding carboxylic acids is 2. The van der Waals surface area contributed by atoms with Gasteiger partial charge in [-0.1, -0.05) is 42.8 Å². The van der Waals surface area contributed by atoms with Crippen LogP contribution in [0, 0.1) is 6.92 Å². The first kappa shape index (κ1) is 14.0. The second-order valence-corrected chi connectivity index (χ2v) is 4.59. The largest absolute Gasteiger partial charge is 0.274 e. The second-order valence-electron chi connectivity index (χ2n) is 4.59. The Morgan fingerprint density at radius 2 is 1.55 bits per heavy atom. The van der Waals surface area contributed by atoms with Crippen LogP contribution in [0.4, 0.5) is 5.69 Å². The van der Waals surface area contributed by atoms with Crippen LogP contribution in [0.1, 0.15) is 29.3 Å². The van der Waals surface area contributed by atoms with E-state index < -0.39 is 0 Å². The van der Waals surface area contributed by atoms with Gasteiger partial charge >= 0.3 is 0 Å². The molecule has 0 N–H and O–H groups in total. The molecule has 0 heterocycles. The standard InChI is InChI=1S/C17H17NO2/c1-3-16(19)18(15-7-5-4-6-8-15)17(20)14-11-9-13(2)10-12-14/h4-12H,3H2,1-2H3. The first-order valence-electron chi connectivity index (χ1n) is 6.62. The molecule has 0 aromatic heterocycles. The van der Waals surface area contributed by atoms with Crippen LogP contribution in [0.3, 0.4) is 0 Å². The molecule has 2 aromatic rings. The average molecular weight is 267 g/mol. The number of nitrogens with zero attached hydrogens (tertiary/aromatic N) is 1. The van der Waals surface area contributed by atoms with Crippen molar-refractivity contribution in [2.45, 2.75) is 20.3 Å². The highest BCUT2D eigenvalue weighted by Crippen LogP contribution is 2.18. The number of hydrogen-bond donors (Lipinski definition) is 0. The minimum absolute atomic E-state index is 0.207. The summed E-state index contributed by atoms with van der Waals surface area (Å²) in [5.74, 6) is -0.496. The van der Waals surface area contributed by atoms with E-state index in [1.807, 2.05) is 37.3 Å². The molecule has 102 valence electrons. The Bertz CT molecular complexity index is 603. The molecule has 0 saturated heterocycles. The zero-order valence-electron chi connectivity index (χ0n) is 11.7. The predicted molar refractivity (Wildman–Crippen MR) is 79.7 cm³/mol. The zero-order valence-corrected chi connectivity index (χ0v) is 11.7. The van der Waals surface area contributed by atoms with Gasteiger partial charge in [-0.15, -0.1) is 0 Å². The summed E-state index contributed by atoms with van der Waals surface area (Å²) in [5.41, 5.74) is 2.20. The highest BCUT2D eigenvalue weighted by atomic mass is 16.2. The van der Waals surface area contributed by atoms with Gasteiger partial charge in [-0.05, 0) is 31.2 Å². The Labute approximate surface area is 118 Å². The summed E-state index contributed by atoms with van der Waals surface area (Å²) in [6.45, 7) is 3.71. The van der Waals surface area contributed by atoms with E-state index in [-0.39, 0.29) is 18.2 Å². The van der Waals surface area contributed by atoms with Crippen LogP contribution in [0.5, 0.6) is 0 Å². The van der Waals surface area contributed by atoms with Gasteiger partial charge in [0, 0.05) is 12.0 Å². The summed E-state index contributed by atoms with van der Waals surface area (Å²) in [6.07, 6.45) is 0.284. The lowest BCUT2D eigenvalue weighted by Gasteiger charge is -2.20. The van der Waals surface area contributed by atoms with Gasteiger partial charge in [-0.3, -0.25) is 9.59 Å². The minimum Gasteiger partial charge on any atom is -0.274 e. The van der Waals surface area contributed by atoms with Crippen LogP contribution in [-0.4, -0.2) is 11.8 Å². The topological polar surface area (TPSA) is 37.4 Å². The lowest BCUT2D eigenvalue weighted by atomic mass is 10.1. The normalized spacial score (nSPS) is 10.1. The number of amides is 2. The molecule has 0 radical (unpaired) electrons. The number of para-hydroxylation sites is 1. The third-order valence-electron chi connectivity index (χ3n) is 3.07. The first-order valence-corrected chi connectivity index (χ1v) is 6.62. The third-order valence-corrected chi connectivity index (χ3v) is 3.07. The van der Waals surface area contributed by atoms with Gasteiger partial charge in [0.2, 0.25) is 5.91 Å². The minimum atomic E-state index is -0.289. The van der Waals surface area contributed by atoms with E-state index in [4.69, 9.17) is 0 Å². The van der Waals surface area contributed by atoms with Gasteiger partial charge in [0.15, 0.2) is 0 Å². The lowest BCUT2D eigenvalue weighted by Crippen LogP contribution is -2.36. The summed E-state index contributed by atoms with van der Waals surface area (Å²) in [7, 11) is 0. The van der Waals surface area contributed by atoms with Gasteiger partial charge in [-0.25, -0.2) is 4.90 Å². The molecule has 0 aliphatic heterocycles. The van der Waals surface area contributed by atoms with Gasteiger partial charge < -0.3 is 0 Å². The third kappa shape index (κ3) is 2.94. The molecule has 0 fully saturated rings. The fraction of sp³-hybridized carbons (Fsp3) is 0.176. The molecule has 20 heavy (non-hydrogen) atoms. The van der Waals surface area contributed by atoms with Gasteiger partial charge in [0.1, 0.15) is 0 Å². The van der Waals surface area contributed by atoms with Crippen molar-refractivity contribution < 1.29 is 9.59 Å². The van der Waals surface area contributed by atoms with Crippen LogP contribution >= 0.6 is 0 Å². The first-order chi connectivity index (χ1) is 9.63. The van der Waals surface area contributed by atoms with E-state index in [0.29, 0.717) is 11.3 Å². The van der Waals surface area contributed by atoms with Gasteiger partial charge in [0.25, 0.3) is 5.91 Å². The molecule has 0 saturated carbocycles. The Kier molecular flexibility index (Phi) is 4.31. The lowest BCUT2D eigenvalue weighted by molar-refractivity contribution is -0.117. The fourth-order valence-electron chi connectivity index (χ4n) is 1.93. The Hall–Kier alpha value is -2.42. The maximum Gasteiger partial charge on any atom is 0.265 e. The van der Waals surface area contributed by atoms with E-state index in [2.05, 4.69) is 0 Å². The number of anilines is 1. The molecule has 2 rings (SSSR count). The molecule has 0 spiro atoms. The number of imide groups is 1. The van der Waals surface area contributed by atoms with E-state index in [1.54, 1.807) is 31.2 Å². The molecule has 3 heteroatoms. The summed E-state index contributed by atoms with van der Waals surface area (Å²) in [4.78, 5) is 25.9. The van der Waals surface area contributed by atoms with Crippen LogP contribution in [0.2, 0.25) is 0 Å². The SMILES string of the molecule is CCC(=O)N(C(=O)c1ccc(C)cc1)c1ccccc1. The molecule has 0 bridgehead atoms. The van der Waals surface area contributed by atoms with Gasteiger partial charge in [-0.2, -0.15) is 0 Å². The van der Waals surface area contributed by atoms with Crippen molar-refractivity contribution in [3.8, 4) is 0 Å². The Morgan fingerprint density at radius 3 is 2.10 bits per heavy atom. The van der Waals surface area contributed by atoms with Gasteiger partial charge in [0.05, 0.1) is 5.69 Å². The quantitative estimate of drug-likeness (QED) is 0.852. The van der Waals surface area contributed by atoms with Crippen LogP contribution in [-0.2, 0) is 4.79 Å². The smallest absolute Gasteiger partial charge is 0.265 e. The second kappa shape index (κ2) is 6.15. The Morgan fingerprint density at radius 1 is 0.950 bits per heavy atom. The molecule has 0 unspecified atom stereocenters. The highest BCUT2D eigenvalue weighted by molar-refractivity contribution is 6.21. The zero-order chi connectivity index (χ0) is 14.5. The van der Waals surface area contributed by atoms with E-state index in [9.17, 15) is 9.59 Å². The van der Waals surface area contributed by atoms with Crippen molar-refractivity contribution in [1.82, 2.24) is 0 Å². The number of aryl methyl sites for hydroxylation is 1. The van der Waals surface area contributed by atoms with Crippen molar-refractivity contribution in [3.63, 3.8) is 0 Å². The number of benzene rings is 2. The van der Waals surface area contributed by atoms with Crippen LogP contribution < -0.4 is 4.90 Å². The molecule has 0 atom stereocenters. The Balaban J connectivity index is 2.39. The highest BCUT2D eigenvalue weighted by Gasteiger charge is 2.22. The summed E-state index contributed by atoms with van der Waals surface area (Å²) in [6, 6.07) is 16.2. The van der Waals surface area contributed by atoms with Crippen molar-refractivity contribution >= 4 is 17.5 Å². The maximum atomic E-state index is 12.6. The van der Waals surface area contributed by atoms with Crippen molar-refractivity contribution in [2.24, 2.45) is 0 Å². The summed E-state index contributed by atoms with van der Waals surface area (Å²) in [5, 5.41) is 0. The molecular formula is C17H17NO2. The molecule has 2 amide bonds. The van der Waals surface area contributed by atoms with E-state index in [1.165, 1.54) is 4.90 Å². The van der Waals surface area contributed by atoms with Crippen molar-refractivity contribution in [1.29, 1.82) is 0 Å². The number of hydrogen-bond acceptors (Lipinski definition) is 2. The molecule has 2 aromatic carbocycles. The van der Waals surface area contributed by atoms with Crippen LogP contribution in [0.15, 0.2) is 54.6 Å². The monoisotopic (exact) mass is 267 g/mol. The summed E-state index contributed by atoms with van der Waals surface area (Å²) < 4.78 is 0. The molecular weight excluding hydrogens is 250 g/mol. The van der Waals surface area contributed by atoms with E-state index in [0.717, 1.165) is 5.56 Å². The number of rotatable bonds is 3. The number of carbonyl (C=O) groups is 2.